The smallest absolute Gasteiger partial charge is 0.337 e. The van der Waals surface area contributed by atoms with Crippen LogP contribution < -0.4 is 15.4 Å². The Morgan fingerprint density at radius 3 is 2.68 bits per heavy atom. The van der Waals surface area contributed by atoms with E-state index in [9.17, 15) is 24.8 Å². The average Bonchev–Trinajstić information content (AvgIpc) is 2.55. The molecule has 25 heavy (non-hydrogen) atoms. The number of nitrogens with zero attached hydrogens (tertiary/aromatic N) is 1. The monoisotopic (exact) mass is 351 g/mol. The van der Waals surface area contributed by atoms with E-state index in [4.69, 9.17) is 9.47 Å². The van der Waals surface area contributed by atoms with Gasteiger partial charge >= 0.3 is 17.7 Å². The molecule has 0 fully saturated rings. The minimum Gasteiger partial charge on any atom is -0.500 e. The molecule has 0 bridgehead atoms. The Hall–Kier alpha value is -3.30. The van der Waals surface area contributed by atoms with Crippen molar-refractivity contribution in [3.8, 4) is 11.5 Å². The largest absolute Gasteiger partial charge is 0.500 e. The summed E-state index contributed by atoms with van der Waals surface area (Å²) in [6.45, 7) is 3.32. The van der Waals surface area contributed by atoms with Gasteiger partial charge in [-0.1, -0.05) is 0 Å². The summed E-state index contributed by atoms with van der Waals surface area (Å²) in [5.74, 6) is -1.46. The molecule has 10 nitrogen and oxygen atoms in total. The van der Waals surface area contributed by atoms with Gasteiger partial charge in [-0.25, -0.2) is 9.59 Å². The zero-order chi connectivity index (χ0) is 18.7. The summed E-state index contributed by atoms with van der Waals surface area (Å²) < 4.78 is 9.94. The van der Waals surface area contributed by atoms with Gasteiger partial charge in [-0.15, -0.1) is 0 Å². The van der Waals surface area contributed by atoms with Gasteiger partial charge in [-0.2, -0.15) is 0 Å². The molecule has 134 valence electrons. The third-order valence-corrected chi connectivity index (χ3v) is 3.58. The summed E-state index contributed by atoms with van der Waals surface area (Å²) in [6, 6.07) is 0.825. The fraction of sp³-hybridized carbons (Fsp3) is 0.333. The number of carbonyl (C=O) groups excluding carboxylic acids is 2. The number of urea groups is 1. The van der Waals surface area contributed by atoms with Crippen molar-refractivity contribution in [1.29, 1.82) is 0 Å². The minimum absolute atomic E-state index is 0.0875. The maximum atomic E-state index is 12.1. The Labute approximate surface area is 142 Å². The van der Waals surface area contributed by atoms with Crippen molar-refractivity contribution >= 4 is 17.7 Å². The molecule has 0 saturated heterocycles. The summed E-state index contributed by atoms with van der Waals surface area (Å²) in [4.78, 5) is 34.3. The van der Waals surface area contributed by atoms with E-state index in [1.165, 1.54) is 20.1 Å². The zero-order valence-corrected chi connectivity index (χ0v) is 13.8. The van der Waals surface area contributed by atoms with Gasteiger partial charge in [0, 0.05) is 11.8 Å². The van der Waals surface area contributed by atoms with Crippen LogP contribution in [0.3, 0.4) is 0 Å². The van der Waals surface area contributed by atoms with Gasteiger partial charge in [0.2, 0.25) is 5.75 Å². The van der Waals surface area contributed by atoms with Gasteiger partial charge in [0.25, 0.3) is 0 Å². The van der Waals surface area contributed by atoms with Crippen LogP contribution >= 0.6 is 0 Å². The third kappa shape index (κ3) is 3.47. The van der Waals surface area contributed by atoms with E-state index in [2.05, 4.69) is 10.6 Å². The SMILES string of the molecule is CCOc1cc([C@@H]2NC(=O)NC(C)=C2C(=O)OC)cc([N+](=O)[O-])c1O. The van der Waals surface area contributed by atoms with Gasteiger partial charge in [0.05, 0.1) is 30.3 Å². The number of carbonyl (C=O) groups is 2. The number of phenols is 1. The first-order chi connectivity index (χ1) is 11.8. The van der Waals surface area contributed by atoms with Crippen LogP contribution in [0.5, 0.6) is 11.5 Å². The number of allylic oxidation sites excluding steroid dienone is 1. The number of aromatic hydroxyl groups is 1. The lowest BCUT2D eigenvalue weighted by atomic mass is 9.94. The molecule has 2 rings (SSSR count). The van der Waals surface area contributed by atoms with Gasteiger partial charge in [0.1, 0.15) is 0 Å². The van der Waals surface area contributed by atoms with E-state index in [1.54, 1.807) is 6.92 Å². The Kier molecular flexibility index (Phi) is 5.11. The highest BCUT2D eigenvalue weighted by Crippen LogP contribution is 2.40. The van der Waals surface area contributed by atoms with E-state index >= 15 is 0 Å². The number of esters is 1. The maximum Gasteiger partial charge on any atom is 0.337 e. The lowest BCUT2D eigenvalue weighted by molar-refractivity contribution is -0.386. The Morgan fingerprint density at radius 2 is 2.12 bits per heavy atom. The van der Waals surface area contributed by atoms with Crippen LogP contribution in [-0.4, -0.2) is 35.7 Å². The number of rotatable bonds is 5. The number of nitro benzene ring substituents is 1. The fourth-order valence-electron chi connectivity index (χ4n) is 2.51. The second-order valence-corrected chi connectivity index (χ2v) is 5.14. The molecular formula is C15H17N3O7. The number of nitrogens with one attached hydrogen (secondary N) is 2. The van der Waals surface area contributed by atoms with Crippen molar-refractivity contribution in [3.63, 3.8) is 0 Å². The molecule has 0 aliphatic carbocycles. The van der Waals surface area contributed by atoms with Crippen molar-refractivity contribution < 1.29 is 29.1 Å². The average molecular weight is 351 g/mol. The quantitative estimate of drug-likeness (QED) is 0.415. The number of methoxy groups -OCH3 is 1. The number of benzene rings is 1. The van der Waals surface area contributed by atoms with Crippen LogP contribution in [0.25, 0.3) is 0 Å². The first kappa shape index (κ1) is 18.0. The maximum absolute atomic E-state index is 12.1. The summed E-state index contributed by atoms with van der Waals surface area (Å²) in [6.07, 6.45) is 0. The molecule has 1 aromatic carbocycles. The van der Waals surface area contributed by atoms with Crippen LogP contribution in [0.4, 0.5) is 10.5 Å². The third-order valence-electron chi connectivity index (χ3n) is 3.58. The molecule has 2 amide bonds. The highest BCUT2D eigenvalue weighted by molar-refractivity contribution is 5.95. The van der Waals surface area contributed by atoms with Crippen molar-refractivity contribution in [2.45, 2.75) is 19.9 Å². The molecule has 0 aromatic heterocycles. The first-order valence-corrected chi connectivity index (χ1v) is 7.30. The van der Waals surface area contributed by atoms with Crippen molar-refractivity contribution in [1.82, 2.24) is 10.6 Å². The normalized spacial score (nSPS) is 16.8. The van der Waals surface area contributed by atoms with E-state index < -0.39 is 34.4 Å². The molecule has 0 spiro atoms. The van der Waals surface area contributed by atoms with E-state index in [0.29, 0.717) is 0 Å². The standard InChI is InChI=1S/C15H17N3O7/c1-4-25-10-6-8(5-9(13(10)19)18(22)23)12-11(14(20)24-3)7(2)16-15(21)17-12/h5-6,12,19H,4H2,1-3H3,(H2,16,17,21)/t12-/m0/s1. The molecule has 0 radical (unpaired) electrons. The molecule has 3 N–H and O–H groups in total. The molecular weight excluding hydrogens is 334 g/mol. The zero-order valence-electron chi connectivity index (χ0n) is 13.8. The molecule has 1 atom stereocenters. The van der Waals surface area contributed by atoms with Gasteiger partial charge in [-0.3, -0.25) is 10.1 Å². The predicted molar refractivity (Wildman–Crippen MR) is 85.1 cm³/mol. The van der Waals surface area contributed by atoms with Gasteiger partial charge in [0.15, 0.2) is 5.75 Å². The summed E-state index contributed by atoms with van der Waals surface area (Å²) in [7, 11) is 1.18. The number of hydrogen-bond donors (Lipinski definition) is 3. The Morgan fingerprint density at radius 1 is 1.44 bits per heavy atom. The Balaban J connectivity index is 2.65. The van der Waals surface area contributed by atoms with Crippen molar-refractivity contribution in [2.75, 3.05) is 13.7 Å². The van der Waals surface area contributed by atoms with Gasteiger partial charge < -0.3 is 25.2 Å². The number of ether oxygens (including phenoxy) is 2. The number of amides is 2. The molecule has 1 aliphatic rings. The van der Waals surface area contributed by atoms with Crippen LogP contribution in [0.1, 0.15) is 25.5 Å². The molecule has 0 unspecified atom stereocenters. The summed E-state index contributed by atoms with van der Waals surface area (Å²) in [5.41, 5.74) is -0.0584. The molecule has 1 aromatic rings. The van der Waals surface area contributed by atoms with Gasteiger partial charge in [-0.05, 0) is 25.5 Å². The molecule has 1 heterocycles. The van der Waals surface area contributed by atoms with E-state index in [-0.39, 0.29) is 29.2 Å². The van der Waals surface area contributed by atoms with E-state index in [0.717, 1.165) is 6.07 Å². The molecule has 0 saturated carbocycles. The van der Waals surface area contributed by atoms with Crippen LogP contribution in [0.2, 0.25) is 0 Å². The second-order valence-electron chi connectivity index (χ2n) is 5.14. The van der Waals surface area contributed by atoms with Crippen molar-refractivity contribution in [2.24, 2.45) is 0 Å². The topological polar surface area (TPSA) is 140 Å². The highest BCUT2D eigenvalue weighted by atomic mass is 16.6. The van der Waals surface area contributed by atoms with E-state index in [1.807, 2.05) is 0 Å². The number of phenolic OH excluding ortho intramolecular Hbond substituents is 1. The predicted octanol–water partition coefficient (Wildman–Crippen LogP) is 1.50. The lowest BCUT2D eigenvalue weighted by Gasteiger charge is -2.28. The summed E-state index contributed by atoms with van der Waals surface area (Å²) >= 11 is 0. The highest BCUT2D eigenvalue weighted by Gasteiger charge is 2.34. The van der Waals surface area contributed by atoms with Crippen LogP contribution in [0.15, 0.2) is 23.4 Å². The lowest BCUT2D eigenvalue weighted by Crippen LogP contribution is -2.45. The van der Waals surface area contributed by atoms with Crippen LogP contribution in [-0.2, 0) is 9.53 Å². The summed E-state index contributed by atoms with van der Waals surface area (Å²) in [5, 5.41) is 26.1. The van der Waals surface area contributed by atoms with Crippen molar-refractivity contribution in [3.05, 3.63) is 39.1 Å². The molecule has 10 heteroatoms. The minimum atomic E-state index is -1.00. The second kappa shape index (κ2) is 7.07. The Bertz CT molecular complexity index is 773. The number of nitro groups is 1. The van der Waals surface area contributed by atoms with Crippen LogP contribution in [0, 0.1) is 10.1 Å². The fourth-order valence-corrected chi connectivity index (χ4v) is 2.51. The first-order valence-electron chi connectivity index (χ1n) is 7.30. The molecule has 1 aliphatic heterocycles. The number of hydrogen-bond acceptors (Lipinski definition) is 7.